The Balaban J connectivity index is 1.83. The number of aromatic nitrogens is 2. The summed E-state index contributed by atoms with van der Waals surface area (Å²) < 4.78 is 33.0. The van der Waals surface area contributed by atoms with Crippen LogP contribution in [0.2, 0.25) is 0 Å². The number of rotatable bonds is 5. The van der Waals surface area contributed by atoms with Crippen LogP contribution in [0.25, 0.3) is 11.4 Å². The highest BCUT2D eigenvalue weighted by Gasteiger charge is 2.16. The normalized spacial score (nSPS) is 11.2. The van der Waals surface area contributed by atoms with Crippen molar-refractivity contribution in [2.75, 3.05) is 11.8 Å². The van der Waals surface area contributed by atoms with Crippen LogP contribution >= 0.6 is 15.9 Å². The van der Waals surface area contributed by atoms with Gasteiger partial charge in [-0.3, -0.25) is 4.72 Å². The molecule has 0 spiro atoms. The molecule has 3 rings (SSSR count). The minimum atomic E-state index is -3.80. The molecule has 2 aromatic carbocycles. The highest BCUT2D eigenvalue weighted by atomic mass is 79.9. The van der Waals surface area contributed by atoms with E-state index in [9.17, 15) is 13.5 Å². The van der Waals surface area contributed by atoms with Gasteiger partial charge in [0.2, 0.25) is 0 Å². The Bertz CT molecular complexity index is 1040. The van der Waals surface area contributed by atoms with Gasteiger partial charge in [-0.1, -0.05) is 12.1 Å². The summed E-state index contributed by atoms with van der Waals surface area (Å²) in [6.07, 6.45) is 2.73. The third-order valence-corrected chi connectivity index (χ3v) is 5.44. The number of nitrogens with zero attached hydrogens (tertiary/aromatic N) is 2. The largest absolute Gasteiger partial charge is 0.508 e. The van der Waals surface area contributed by atoms with Gasteiger partial charge in [-0.05, 0) is 46.3 Å². The Kier molecular flexibility index (Phi) is 5.10. The van der Waals surface area contributed by atoms with Crippen LogP contribution in [0.5, 0.6) is 11.5 Å². The Morgan fingerprint density at radius 3 is 2.46 bits per heavy atom. The molecular weight excluding hydrogens is 422 g/mol. The lowest BCUT2D eigenvalue weighted by molar-refractivity contribution is 0.411. The summed E-state index contributed by atoms with van der Waals surface area (Å²) in [5, 5.41) is 9.51. The van der Waals surface area contributed by atoms with E-state index in [0.29, 0.717) is 21.6 Å². The topological polar surface area (TPSA) is 101 Å². The van der Waals surface area contributed by atoms with Crippen LogP contribution in [0.4, 0.5) is 5.69 Å². The van der Waals surface area contributed by atoms with E-state index >= 15 is 0 Å². The summed E-state index contributed by atoms with van der Waals surface area (Å²) in [5.74, 6) is 1.000. The molecule has 0 aliphatic rings. The van der Waals surface area contributed by atoms with Crippen molar-refractivity contribution >= 4 is 31.6 Å². The van der Waals surface area contributed by atoms with E-state index in [0.717, 1.165) is 0 Å². The summed E-state index contributed by atoms with van der Waals surface area (Å²) in [6.45, 7) is 0. The molecule has 0 radical (unpaired) electrons. The fourth-order valence-electron chi connectivity index (χ4n) is 2.20. The Hall–Kier alpha value is -2.65. The molecule has 26 heavy (non-hydrogen) atoms. The first kappa shape index (κ1) is 18.2. The van der Waals surface area contributed by atoms with Crippen molar-refractivity contribution < 1.29 is 18.3 Å². The van der Waals surface area contributed by atoms with Gasteiger partial charge >= 0.3 is 0 Å². The quantitative estimate of drug-likeness (QED) is 0.636. The van der Waals surface area contributed by atoms with Crippen LogP contribution in [-0.2, 0) is 10.0 Å². The Labute approximate surface area is 158 Å². The summed E-state index contributed by atoms with van der Waals surface area (Å²) in [5.41, 5.74) is 0.847. The first-order valence-electron chi connectivity index (χ1n) is 7.37. The number of ether oxygens (including phenoxy) is 1. The van der Waals surface area contributed by atoms with Crippen LogP contribution in [0, 0.1) is 0 Å². The van der Waals surface area contributed by atoms with Gasteiger partial charge in [0.25, 0.3) is 10.0 Å². The van der Waals surface area contributed by atoms with Gasteiger partial charge in [-0.25, -0.2) is 18.4 Å². The number of anilines is 1. The summed E-state index contributed by atoms with van der Waals surface area (Å²) in [4.78, 5) is 8.34. The lowest BCUT2D eigenvalue weighted by Gasteiger charge is -2.10. The zero-order valence-corrected chi connectivity index (χ0v) is 16.0. The monoisotopic (exact) mass is 435 g/mol. The number of hydrogen-bond acceptors (Lipinski definition) is 6. The molecule has 0 aliphatic carbocycles. The third-order valence-electron chi connectivity index (χ3n) is 3.44. The lowest BCUT2D eigenvalue weighted by atomic mass is 10.2. The molecule has 0 saturated carbocycles. The van der Waals surface area contributed by atoms with Crippen molar-refractivity contribution in [1.29, 1.82) is 0 Å². The second-order valence-corrected chi connectivity index (χ2v) is 7.78. The number of benzene rings is 2. The van der Waals surface area contributed by atoms with Crippen LogP contribution in [0.3, 0.4) is 0 Å². The standard InChI is InChI=1S/C17H14BrN3O4S/c1-25-16-6-5-14(8-15(16)18)26(23,24)21-12-9-19-17(20-10-12)11-3-2-4-13(22)7-11/h2-10,21-22H,1H3. The van der Waals surface area contributed by atoms with Gasteiger partial charge in [0, 0.05) is 5.56 Å². The van der Waals surface area contributed by atoms with E-state index in [4.69, 9.17) is 4.74 Å². The maximum Gasteiger partial charge on any atom is 0.262 e. The van der Waals surface area contributed by atoms with Crippen molar-refractivity contribution in [3.63, 3.8) is 0 Å². The van der Waals surface area contributed by atoms with E-state index in [-0.39, 0.29) is 16.3 Å². The fraction of sp³-hybridized carbons (Fsp3) is 0.0588. The van der Waals surface area contributed by atoms with E-state index in [2.05, 4.69) is 30.6 Å². The second-order valence-electron chi connectivity index (χ2n) is 5.25. The zero-order chi connectivity index (χ0) is 18.7. The van der Waals surface area contributed by atoms with Gasteiger partial charge < -0.3 is 9.84 Å². The van der Waals surface area contributed by atoms with Crippen LogP contribution in [-0.4, -0.2) is 30.6 Å². The summed E-state index contributed by atoms with van der Waals surface area (Å²) in [6, 6.07) is 10.9. The van der Waals surface area contributed by atoms with Gasteiger partial charge in [0.05, 0.1) is 34.6 Å². The predicted molar refractivity (Wildman–Crippen MR) is 101 cm³/mol. The average Bonchev–Trinajstić information content (AvgIpc) is 2.62. The molecule has 2 N–H and O–H groups in total. The first-order chi connectivity index (χ1) is 12.4. The molecule has 0 bridgehead atoms. The molecule has 0 unspecified atom stereocenters. The maximum absolute atomic E-state index is 12.5. The summed E-state index contributed by atoms with van der Waals surface area (Å²) >= 11 is 3.26. The minimum absolute atomic E-state index is 0.0715. The van der Waals surface area contributed by atoms with Crippen molar-refractivity contribution in [1.82, 2.24) is 9.97 Å². The molecule has 0 amide bonds. The molecule has 1 aromatic heterocycles. The maximum atomic E-state index is 12.5. The SMILES string of the molecule is COc1ccc(S(=O)(=O)Nc2cnc(-c3cccc(O)c3)nc2)cc1Br. The first-order valence-corrected chi connectivity index (χ1v) is 9.64. The van der Waals surface area contributed by atoms with Crippen molar-refractivity contribution in [3.8, 4) is 22.9 Å². The average molecular weight is 436 g/mol. The van der Waals surface area contributed by atoms with Gasteiger partial charge in [-0.2, -0.15) is 0 Å². The smallest absolute Gasteiger partial charge is 0.262 e. The van der Waals surface area contributed by atoms with Gasteiger partial charge in [0.1, 0.15) is 11.5 Å². The highest BCUT2D eigenvalue weighted by molar-refractivity contribution is 9.10. The highest BCUT2D eigenvalue weighted by Crippen LogP contribution is 2.28. The number of hydrogen-bond donors (Lipinski definition) is 2. The third kappa shape index (κ3) is 3.94. The molecule has 7 nitrogen and oxygen atoms in total. The number of methoxy groups -OCH3 is 1. The lowest BCUT2D eigenvalue weighted by Crippen LogP contribution is -2.13. The number of halogens is 1. The van der Waals surface area contributed by atoms with E-state index in [1.54, 1.807) is 24.3 Å². The van der Waals surface area contributed by atoms with Crippen LogP contribution in [0.1, 0.15) is 0 Å². The van der Waals surface area contributed by atoms with Crippen molar-refractivity contribution in [2.24, 2.45) is 0 Å². The molecule has 134 valence electrons. The molecule has 9 heteroatoms. The summed E-state index contributed by atoms with van der Waals surface area (Å²) in [7, 11) is -2.30. The zero-order valence-electron chi connectivity index (χ0n) is 13.5. The van der Waals surface area contributed by atoms with Crippen LogP contribution in [0.15, 0.2) is 64.2 Å². The molecule has 1 heterocycles. The predicted octanol–water partition coefficient (Wildman–Crippen LogP) is 3.42. The van der Waals surface area contributed by atoms with Gasteiger partial charge in [-0.15, -0.1) is 0 Å². The molecule has 0 aliphatic heterocycles. The number of sulfonamides is 1. The minimum Gasteiger partial charge on any atom is -0.508 e. The fourth-order valence-corrected chi connectivity index (χ4v) is 3.95. The van der Waals surface area contributed by atoms with E-state index in [1.807, 2.05) is 0 Å². The number of nitrogens with one attached hydrogen (secondary N) is 1. The molecule has 3 aromatic rings. The van der Waals surface area contributed by atoms with Crippen molar-refractivity contribution in [2.45, 2.75) is 4.90 Å². The Morgan fingerprint density at radius 2 is 1.85 bits per heavy atom. The number of aromatic hydroxyl groups is 1. The van der Waals surface area contributed by atoms with Crippen molar-refractivity contribution in [3.05, 3.63) is 59.3 Å². The molecule has 0 fully saturated rings. The molecule has 0 atom stereocenters. The van der Waals surface area contributed by atoms with E-state index < -0.39 is 10.0 Å². The van der Waals surface area contributed by atoms with E-state index in [1.165, 1.54) is 37.7 Å². The van der Waals surface area contributed by atoms with Crippen LogP contribution < -0.4 is 9.46 Å². The molecule has 0 saturated heterocycles. The number of phenolic OH excluding ortho intramolecular Hbond substituents is 1. The second kappa shape index (κ2) is 7.30. The number of phenols is 1. The Morgan fingerprint density at radius 1 is 1.12 bits per heavy atom. The molecular formula is C17H14BrN3O4S. The van der Waals surface area contributed by atoms with Gasteiger partial charge in [0.15, 0.2) is 5.82 Å².